The first kappa shape index (κ1) is 14.9. The van der Waals surface area contributed by atoms with Crippen molar-refractivity contribution < 1.29 is 9.90 Å². The molecular formula is C16H15ClO2S. The van der Waals surface area contributed by atoms with E-state index in [-0.39, 0.29) is 0 Å². The van der Waals surface area contributed by atoms with Gasteiger partial charge < -0.3 is 5.11 Å². The van der Waals surface area contributed by atoms with Gasteiger partial charge in [0.15, 0.2) is 0 Å². The molecule has 0 fully saturated rings. The van der Waals surface area contributed by atoms with Gasteiger partial charge in [0, 0.05) is 9.92 Å². The molecule has 0 aromatic heterocycles. The fraction of sp³-hybridized carbons (Fsp3) is 0.188. The van der Waals surface area contributed by atoms with Gasteiger partial charge >= 0.3 is 5.97 Å². The highest BCUT2D eigenvalue weighted by Crippen LogP contribution is 2.26. The van der Waals surface area contributed by atoms with Gasteiger partial charge in [0.25, 0.3) is 0 Å². The monoisotopic (exact) mass is 306 g/mol. The van der Waals surface area contributed by atoms with E-state index in [9.17, 15) is 9.90 Å². The molecule has 20 heavy (non-hydrogen) atoms. The Balaban J connectivity index is 2.09. The molecule has 2 aromatic carbocycles. The molecule has 2 nitrogen and oxygen atoms in total. The third kappa shape index (κ3) is 4.29. The van der Waals surface area contributed by atoms with Gasteiger partial charge in [-0.1, -0.05) is 41.4 Å². The van der Waals surface area contributed by atoms with Gasteiger partial charge in [0.1, 0.15) is 5.25 Å². The molecule has 0 bridgehead atoms. The summed E-state index contributed by atoms with van der Waals surface area (Å²) in [6.45, 7) is 2.01. The predicted molar refractivity (Wildman–Crippen MR) is 83.6 cm³/mol. The maximum Gasteiger partial charge on any atom is 0.317 e. The summed E-state index contributed by atoms with van der Waals surface area (Å²) in [6.07, 6.45) is 0.477. The fourth-order valence-electron chi connectivity index (χ4n) is 1.80. The molecule has 104 valence electrons. The van der Waals surface area contributed by atoms with Crippen molar-refractivity contribution in [1.29, 1.82) is 0 Å². The lowest BCUT2D eigenvalue weighted by atomic mass is 10.1. The highest BCUT2D eigenvalue weighted by Gasteiger charge is 2.19. The van der Waals surface area contributed by atoms with E-state index in [1.807, 2.05) is 43.3 Å². The van der Waals surface area contributed by atoms with Crippen LogP contribution in [0.2, 0.25) is 5.02 Å². The Morgan fingerprint density at radius 1 is 1.15 bits per heavy atom. The molecule has 4 heteroatoms. The minimum atomic E-state index is -0.800. The summed E-state index contributed by atoms with van der Waals surface area (Å²) in [4.78, 5) is 12.4. The standard InChI is InChI=1S/C16H15ClO2S/c1-11-2-8-14(9-3-11)20-15(16(18)19)10-12-4-6-13(17)7-5-12/h2-9,15H,10H2,1H3,(H,18,19). The van der Waals surface area contributed by atoms with Crippen molar-refractivity contribution in [1.82, 2.24) is 0 Å². The van der Waals surface area contributed by atoms with Gasteiger partial charge in [0.05, 0.1) is 0 Å². The minimum Gasteiger partial charge on any atom is -0.480 e. The molecule has 0 aliphatic heterocycles. The van der Waals surface area contributed by atoms with Crippen molar-refractivity contribution >= 4 is 29.3 Å². The Bertz CT molecular complexity index is 531. The molecule has 1 unspecified atom stereocenters. The zero-order chi connectivity index (χ0) is 14.5. The number of carbonyl (C=O) groups is 1. The van der Waals surface area contributed by atoms with Crippen LogP contribution in [0.4, 0.5) is 0 Å². The summed E-state index contributed by atoms with van der Waals surface area (Å²) < 4.78 is 0. The summed E-state index contributed by atoms with van der Waals surface area (Å²) in [6, 6.07) is 15.2. The molecular weight excluding hydrogens is 292 g/mol. The van der Waals surface area contributed by atoms with Gasteiger partial charge in [-0.2, -0.15) is 0 Å². The van der Waals surface area contributed by atoms with Crippen molar-refractivity contribution in [2.45, 2.75) is 23.5 Å². The second-order valence-electron chi connectivity index (χ2n) is 4.59. The zero-order valence-electron chi connectivity index (χ0n) is 11.0. The summed E-state index contributed by atoms with van der Waals surface area (Å²) in [5.74, 6) is -0.800. The van der Waals surface area contributed by atoms with E-state index < -0.39 is 11.2 Å². The SMILES string of the molecule is Cc1ccc(SC(Cc2ccc(Cl)cc2)C(=O)O)cc1. The van der Waals surface area contributed by atoms with Crippen LogP contribution >= 0.6 is 23.4 Å². The van der Waals surface area contributed by atoms with Gasteiger partial charge in [-0.15, -0.1) is 11.8 Å². The van der Waals surface area contributed by atoms with Crippen molar-refractivity contribution in [2.75, 3.05) is 0 Å². The third-order valence-electron chi connectivity index (χ3n) is 2.91. The maximum atomic E-state index is 11.4. The highest BCUT2D eigenvalue weighted by atomic mass is 35.5. The van der Waals surface area contributed by atoms with Crippen LogP contribution in [0.25, 0.3) is 0 Å². The molecule has 1 atom stereocenters. The number of hydrogen-bond donors (Lipinski definition) is 1. The van der Waals surface area contributed by atoms with E-state index in [1.54, 1.807) is 12.1 Å². The van der Waals surface area contributed by atoms with Crippen LogP contribution in [0, 0.1) is 6.92 Å². The average molecular weight is 307 g/mol. The topological polar surface area (TPSA) is 37.3 Å². The number of aryl methyl sites for hydroxylation is 1. The second kappa shape index (κ2) is 6.82. The first-order valence-corrected chi connectivity index (χ1v) is 7.51. The van der Waals surface area contributed by atoms with Crippen LogP contribution in [-0.2, 0) is 11.2 Å². The number of benzene rings is 2. The molecule has 0 aliphatic rings. The average Bonchev–Trinajstić information content (AvgIpc) is 2.42. The number of hydrogen-bond acceptors (Lipinski definition) is 2. The zero-order valence-corrected chi connectivity index (χ0v) is 12.6. The lowest BCUT2D eigenvalue weighted by Crippen LogP contribution is -2.19. The Labute approximate surface area is 127 Å². The predicted octanol–water partition coefficient (Wildman–Crippen LogP) is 4.44. The summed E-state index contributed by atoms with van der Waals surface area (Å²) in [7, 11) is 0. The number of rotatable bonds is 5. The number of carboxylic acid groups (broad SMARTS) is 1. The summed E-state index contributed by atoms with van der Waals surface area (Å²) >= 11 is 7.21. The van der Waals surface area contributed by atoms with Crippen molar-refractivity contribution in [3.63, 3.8) is 0 Å². The molecule has 0 heterocycles. The Hall–Kier alpha value is -1.45. The molecule has 0 saturated carbocycles. The van der Waals surface area contributed by atoms with E-state index >= 15 is 0 Å². The number of halogens is 1. The van der Waals surface area contributed by atoms with E-state index in [4.69, 9.17) is 11.6 Å². The molecule has 2 aromatic rings. The quantitative estimate of drug-likeness (QED) is 0.830. The third-order valence-corrected chi connectivity index (χ3v) is 4.36. The Morgan fingerprint density at radius 2 is 1.75 bits per heavy atom. The summed E-state index contributed by atoms with van der Waals surface area (Å²) in [5, 5.41) is 9.52. The fourth-order valence-corrected chi connectivity index (χ4v) is 2.92. The van der Waals surface area contributed by atoms with Crippen molar-refractivity contribution in [3.05, 3.63) is 64.7 Å². The molecule has 0 aliphatic carbocycles. The van der Waals surface area contributed by atoms with E-state index in [1.165, 1.54) is 17.3 Å². The number of thioether (sulfide) groups is 1. The highest BCUT2D eigenvalue weighted by molar-refractivity contribution is 8.00. The molecule has 0 saturated heterocycles. The number of aliphatic carboxylic acids is 1. The van der Waals surface area contributed by atoms with Crippen LogP contribution < -0.4 is 0 Å². The smallest absolute Gasteiger partial charge is 0.317 e. The normalized spacial score (nSPS) is 12.1. The van der Waals surface area contributed by atoms with Crippen LogP contribution in [0.1, 0.15) is 11.1 Å². The summed E-state index contributed by atoms with van der Waals surface area (Å²) in [5.41, 5.74) is 2.14. The largest absolute Gasteiger partial charge is 0.480 e. The van der Waals surface area contributed by atoms with E-state index in [0.717, 1.165) is 10.5 Å². The molecule has 0 amide bonds. The Morgan fingerprint density at radius 3 is 2.30 bits per heavy atom. The lowest BCUT2D eigenvalue weighted by Gasteiger charge is -2.12. The first-order valence-electron chi connectivity index (χ1n) is 6.25. The van der Waals surface area contributed by atoms with E-state index in [2.05, 4.69) is 0 Å². The molecule has 2 rings (SSSR count). The first-order chi connectivity index (χ1) is 9.54. The van der Waals surface area contributed by atoms with Crippen LogP contribution in [-0.4, -0.2) is 16.3 Å². The number of carboxylic acids is 1. The van der Waals surface area contributed by atoms with Gasteiger partial charge in [-0.05, 0) is 43.2 Å². The van der Waals surface area contributed by atoms with Crippen LogP contribution in [0.5, 0.6) is 0 Å². The minimum absolute atomic E-state index is 0.477. The van der Waals surface area contributed by atoms with Crippen molar-refractivity contribution in [2.24, 2.45) is 0 Å². The van der Waals surface area contributed by atoms with E-state index in [0.29, 0.717) is 11.4 Å². The van der Waals surface area contributed by atoms with Gasteiger partial charge in [-0.25, -0.2) is 0 Å². The van der Waals surface area contributed by atoms with Gasteiger partial charge in [0.2, 0.25) is 0 Å². The van der Waals surface area contributed by atoms with Gasteiger partial charge in [-0.3, -0.25) is 4.79 Å². The second-order valence-corrected chi connectivity index (χ2v) is 6.30. The Kier molecular flexibility index (Phi) is 5.10. The molecule has 0 spiro atoms. The molecule has 0 radical (unpaired) electrons. The lowest BCUT2D eigenvalue weighted by molar-refractivity contribution is -0.136. The van der Waals surface area contributed by atoms with Crippen LogP contribution in [0.15, 0.2) is 53.4 Å². The van der Waals surface area contributed by atoms with Crippen molar-refractivity contribution in [3.8, 4) is 0 Å². The maximum absolute atomic E-state index is 11.4. The molecule has 1 N–H and O–H groups in total. The van der Waals surface area contributed by atoms with Crippen LogP contribution in [0.3, 0.4) is 0 Å².